The number of hydrogen-bond acceptors (Lipinski definition) is 4. The summed E-state index contributed by atoms with van der Waals surface area (Å²) in [6.45, 7) is 0. The maximum Gasteiger partial charge on any atom is 0.507 e. The molecule has 3 atom stereocenters. The van der Waals surface area contributed by atoms with E-state index in [0.717, 1.165) is 22.3 Å². The van der Waals surface area contributed by atoms with Gasteiger partial charge in [0.15, 0.2) is 6.10 Å². The lowest BCUT2D eigenvalue weighted by Gasteiger charge is -2.35. The second-order valence-corrected chi connectivity index (χ2v) is 7.82. The number of rotatable bonds is 2. The van der Waals surface area contributed by atoms with Crippen molar-refractivity contribution >= 4 is 35.0 Å². The predicted molar refractivity (Wildman–Crippen MR) is 111 cm³/mol. The van der Waals surface area contributed by atoms with Gasteiger partial charge in [-0.05, 0) is 35.4 Å². The maximum atomic E-state index is 11.2. The highest BCUT2D eigenvalue weighted by Gasteiger charge is 2.48. The van der Waals surface area contributed by atoms with Crippen molar-refractivity contribution in [3.8, 4) is 16.9 Å². The van der Waals surface area contributed by atoms with E-state index in [9.17, 15) is 9.90 Å². The second-order valence-electron chi connectivity index (χ2n) is 6.98. The van der Waals surface area contributed by atoms with E-state index in [1.165, 1.54) is 0 Å². The highest BCUT2D eigenvalue weighted by atomic mass is 35.5. The van der Waals surface area contributed by atoms with Crippen LogP contribution in [0, 0.1) is 0 Å². The molecule has 2 aliphatic heterocycles. The molecular weight excluding hydrogens is 413 g/mol. The molecule has 146 valence electrons. The van der Waals surface area contributed by atoms with Crippen LogP contribution in [0.4, 0.5) is 10.5 Å². The molecule has 2 aliphatic rings. The molecule has 0 radical (unpaired) electrons. The number of carbonyl (C=O) groups is 1. The summed E-state index contributed by atoms with van der Waals surface area (Å²) in [5.41, 5.74) is 4.50. The van der Waals surface area contributed by atoms with Crippen molar-refractivity contribution in [3.63, 3.8) is 0 Å². The lowest BCUT2D eigenvalue weighted by Crippen LogP contribution is -2.46. The summed E-state index contributed by atoms with van der Waals surface area (Å²) in [5, 5.41) is 13.2. The number of benzene rings is 3. The van der Waals surface area contributed by atoms with E-state index in [4.69, 9.17) is 32.7 Å². The zero-order valence-electron chi connectivity index (χ0n) is 14.9. The fourth-order valence-corrected chi connectivity index (χ4v) is 4.73. The highest BCUT2D eigenvalue weighted by molar-refractivity contribution is 6.35. The zero-order chi connectivity index (χ0) is 20.1. The smallest absolute Gasteiger partial charge is 0.483 e. The minimum Gasteiger partial charge on any atom is -0.483 e. The Hall–Kier alpha value is -2.89. The molecule has 0 saturated carbocycles. The van der Waals surface area contributed by atoms with Crippen LogP contribution in [-0.2, 0) is 4.74 Å². The monoisotopic (exact) mass is 427 g/mol. The van der Waals surface area contributed by atoms with Crippen LogP contribution in [0.25, 0.3) is 11.1 Å². The summed E-state index contributed by atoms with van der Waals surface area (Å²) in [4.78, 5) is 11.2. The number of fused-ring (bicyclic) bond motifs is 5. The number of halogens is 2. The van der Waals surface area contributed by atoms with Gasteiger partial charge in [0.05, 0.1) is 5.92 Å². The summed E-state index contributed by atoms with van der Waals surface area (Å²) in [5.74, 6) is 0.387. The number of ether oxygens (including phenoxy) is 2. The van der Waals surface area contributed by atoms with Gasteiger partial charge in [0.2, 0.25) is 6.23 Å². The van der Waals surface area contributed by atoms with E-state index in [0.29, 0.717) is 21.5 Å². The molecular formula is C22H15Cl2NO4. The largest absolute Gasteiger partial charge is 0.507 e. The first-order valence-corrected chi connectivity index (χ1v) is 9.78. The average Bonchev–Trinajstić information content (AvgIpc) is 3.07. The van der Waals surface area contributed by atoms with Crippen molar-refractivity contribution in [2.75, 3.05) is 5.32 Å². The van der Waals surface area contributed by atoms with Gasteiger partial charge in [-0.2, -0.15) is 0 Å². The van der Waals surface area contributed by atoms with E-state index < -0.39 is 18.5 Å². The molecule has 3 unspecified atom stereocenters. The van der Waals surface area contributed by atoms with Crippen molar-refractivity contribution < 1.29 is 19.4 Å². The molecule has 0 fully saturated rings. The van der Waals surface area contributed by atoms with E-state index in [2.05, 4.69) is 11.4 Å². The van der Waals surface area contributed by atoms with Gasteiger partial charge in [-0.15, -0.1) is 0 Å². The van der Waals surface area contributed by atoms with Crippen molar-refractivity contribution in [2.24, 2.45) is 0 Å². The molecule has 5 rings (SSSR count). The first-order chi connectivity index (χ1) is 14.0. The van der Waals surface area contributed by atoms with Crippen molar-refractivity contribution in [1.29, 1.82) is 0 Å². The van der Waals surface area contributed by atoms with Crippen LogP contribution in [0.15, 0.2) is 60.7 Å². The summed E-state index contributed by atoms with van der Waals surface area (Å²) in [7, 11) is 0. The summed E-state index contributed by atoms with van der Waals surface area (Å²) < 4.78 is 11.2. The Morgan fingerprint density at radius 3 is 2.59 bits per heavy atom. The van der Waals surface area contributed by atoms with Gasteiger partial charge in [0, 0.05) is 26.9 Å². The van der Waals surface area contributed by atoms with E-state index >= 15 is 0 Å². The molecule has 2 N–H and O–H groups in total. The predicted octanol–water partition coefficient (Wildman–Crippen LogP) is 6.00. The quantitative estimate of drug-likeness (QED) is 0.490. The van der Waals surface area contributed by atoms with Crippen molar-refractivity contribution in [3.05, 3.63) is 81.8 Å². The number of nitrogens with one attached hydrogen (secondary N) is 1. The third-order valence-corrected chi connectivity index (χ3v) is 5.80. The summed E-state index contributed by atoms with van der Waals surface area (Å²) in [6, 6.07) is 19.4. The number of hydrogen-bond donors (Lipinski definition) is 2. The Bertz CT molecular complexity index is 1120. The van der Waals surface area contributed by atoms with Crippen molar-refractivity contribution in [1.82, 2.24) is 0 Å². The van der Waals surface area contributed by atoms with Crippen molar-refractivity contribution in [2.45, 2.75) is 18.2 Å². The van der Waals surface area contributed by atoms with Crippen LogP contribution in [0.1, 0.15) is 17.0 Å². The van der Waals surface area contributed by atoms with Crippen LogP contribution in [0.5, 0.6) is 5.75 Å². The highest BCUT2D eigenvalue weighted by Crippen LogP contribution is 2.52. The Morgan fingerprint density at radius 2 is 1.83 bits per heavy atom. The Kier molecular flexibility index (Phi) is 4.30. The molecule has 0 aromatic heterocycles. The van der Waals surface area contributed by atoms with E-state index in [1.54, 1.807) is 12.1 Å². The van der Waals surface area contributed by atoms with Gasteiger partial charge in [0.1, 0.15) is 5.75 Å². The van der Waals surface area contributed by atoms with Crippen LogP contribution in [-0.4, -0.2) is 23.6 Å². The molecule has 0 spiro atoms. The summed E-state index contributed by atoms with van der Waals surface area (Å²) >= 11 is 12.7. The van der Waals surface area contributed by atoms with Gasteiger partial charge in [0.25, 0.3) is 0 Å². The Morgan fingerprint density at radius 1 is 1.03 bits per heavy atom. The molecule has 5 nitrogen and oxygen atoms in total. The molecule has 7 heteroatoms. The SMILES string of the molecule is O=C(O)OC1Nc2cc(Cl)cc(Cl)c2C2c3cc(-c4ccccc4)ccc3OC12. The third-order valence-electron chi connectivity index (χ3n) is 5.27. The molecule has 3 aromatic carbocycles. The van der Waals surface area contributed by atoms with Gasteiger partial charge >= 0.3 is 6.16 Å². The first kappa shape index (κ1) is 18.2. The standard InChI is InChI=1S/C22H15Cl2NO4/c23-13-9-15(24)19-16(10-13)25-21(29-22(26)27)20-18(19)14-8-12(6-7-17(14)28-20)11-4-2-1-3-5-11/h1-10,18,20-21,25H,(H,26,27). The summed E-state index contributed by atoms with van der Waals surface area (Å²) in [6.07, 6.45) is -2.87. The van der Waals surface area contributed by atoms with Gasteiger partial charge in [-0.3, -0.25) is 0 Å². The van der Waals surface area contributed by atoms with Crippen LogP contribution in [0.3, 0.4) is 0 Å². The number of anilines is 1. The van der Waals surface area contributed by atoms with Gasteiger partial charge in [-0.1, -0.05) is 59.6 Å². The van der Waals surface area contributed by atoms with E-state index in [-0.39, 0.29) is 5.92 Å². The minimum absolute atomic E-state index is 0.293. The van der Waals surface area contributed by atoms with Crippen LogP contribution in [0.2, 0.25) is 10.0 Å². The second kappa shape index (κ2) is 6.87. The lowest BCUT2D eigenvalue weighted by molar-refractivity contribution is 0.00574. The molecule has 29 heavy (non-hydrogen) atoms. The zero-order valence-corrected chi connectivity index (χ0v) is 16.4. The third kappa shape index (κ3) is 3.07. The molecule has 3 aromatic rings. The van der Waals surface area contributed by atoms with Crippen LogP contribution >= 0.6 is 23.2 Å². The molecule has 0 aliphatic carbocycles. The molecule has 0 saturated heterocycles. The van der Waals surface area contributed by atoms with Crippen LogP contribution < -0.4 is 10.1 Å². The fourth-order valence-electron chi connectivity index (χ4n) is 4.12. The Balaban J connectivity index is 1.67. The minimum atomic E-state index is -1.39. The van der Waals surface area contributed by atoms with Gasteiger partial charge < -0.3 is 19.9 Å². The number of carboxylic acid groups (broad SMARTS) is 1. The first-order valence-electron chi connectivity index (χ1n) is 9.02. The molecule has 0 bridgehead atoms. The Labute approximate surface area is 176 Å². The average molecular weight is 428 g/mol. The molecule has 0 amide bonds. The molecule has 2 heterocycles. The fraction of sp³-hybridized carbons (Fsp3) is 0.136. The maximum absolute atomic E-state index is 11.2. The normalized spacial score (nSPS) is 21.2. The van der Waals surface area contributed by atoms with E-state index in [1.807, 2.05) is 42.5 Å². The lowest BCUT2D eigenvalue weighted by atomic mass is 9.83. The topological polar surface area (TPSA) is 67.8 Å². The van der Waals surface area contributed by atoms with Gasteiger partial charge in [-0.25, -0.2) is 4.79 Å².